The van der Waals surface area contributed by atoms with Gasteiger partial charge in [0.2, 0.25) is 0 Å². The molecule has 102 valence electrons. The standard InChI is InChI=1S/C13H15Si.3CH3.Pt/c1-10-6-5-9-13(11(10)2)14-12-7-3-4-8-12;;;;/h3,5-7,9H,4,14H2,1-2H3;3*1H3;. The van der Waals surface area contributed by atoms with Crippen LogP contribution in [-0.2, 0) is 16.1 Å². The first-order valence-corrected chi connectivity index (χ1v) is 15.6. The molecule has 0 heterocycles. The summed E-state index contributed by atoms with van der Waals surface area (Å²) in [6, 6.07) is 6.80. The van der Waals surface area contributed by atoms with E-state index in [4.69, 9.17) is 0 Å². The fraction of sp³-hybridized carbons (Fsp3) is 0.375. The van der Waals surface area contributed by atoms with E-state index in [0.717, 1.165) is 0 Å². The van der Waals surface area contributed by atoms with Crippen molar-refractivity contribution >= 4 is 14.7 Å². The molecule has 0 unspecified atom stereocenters. The molecule has 18 heavy (non-hydrogen) atoms. The second-order valence-corrected chi connectivity index (χ2v) is 18.9. The quantitative estimate of drug-likeness (QED) is 0.632. The van der Waals surface area contributed by atoms with Gasteiger partial charge in [-0.15, -0.1) is 0 Å². The maximum atomic E-state index is 2.52. The molecule has 0 atom stereocenters. The molecule has 1 aromatic carbocycles. The van der Waals surface area contributed by atoms with Crippen molar-refractivity contribution in [1.29, 1.82) is 0 Å². The predicted molar refractivity (Wildman–Crippen MR) is 82.5 cm³/mol. The molecule has 0 saturated carbocycles. The van der Waals surface area contributed by atoms with Crippen LogP contribution in [-0.4, -0.2) is 9.52 Å². The molecule has 1 aliphatic carbocycles. The summed E-state index contributed by atoms with van der Waals surface area (Å²) in [5.41, 5.74) is 2.97. The minimum absolute atomic E-state index is 0.275. The number of hydrogen-bond donors (Lipinski definition) is 0. The number of rotatable bonds is 3. The Morgan fingerprint density at radius 3 is 2.50 bits per heavy atom. The summed E-state index contributed by atoms with van der Waals surface area (Å²) >= 11 is -1.55. The molecule has 1 aliphatic rings. The molecule has 0 aromatic heterocycles. The van der Waals surface area contributed by atoms with Crippen molar-refractivity contribution in [2.24, 2.45) is 0 Å². The Bertz CT molecular complexity index is 518. The van der Waals surface area contributed by atoms with E-state index in [2.05, 4.69) is 60.1 Å². The molecule has 0 radical (unpaired) electrons. The van der Waals surface area contributed by atoms with Crippen LogP contribution in [0.5, 0.6) is 0 Å². The monoisotopic (exact) mass is 439 g/mol. The van der Waals surface area contributed by atoms with Crippen LogP contribution in [0.1, 0.15) is 17.5 Å². The van der Waals surface area contributed by atoms with E-state index in [0.29, 0.717) is 0 Å². The van der Waals surface area contributed by atoms with Gasteiger partial charge in [0.05, 0.1) is 0 Å². The number of hydrogen-bond acceptors (Lipinski definition) is 0. The zero-order valence-electron chi connectivity index (χ0n) is 12.1. The third-order valence-electron chi connectivity index (χ3n) is 3.60. The molecule has 2 heteroatoms. The van der Waals surface area contributed by atoms with Crippen LogP contribution in [0, 0.1) is 13.8 Å². The maximum absolute atomic E-state index is 2.52. The summed E-state index contributed by atoms with van der Waals surface area (Å²) in [5, 5.41) is 10.9. The first-order valence-electron chi connectivity index (χ1n) is 6.19. The zero-order valence-corrected chi connectivity index (χ0v) is 15.8. The third-order valence-corrected chi connectivity index (χ3v) is 11.8. The fourth-order valence-electron chi connectivity index (χ4n) is 2.37. The topological polar surface area (TPSA) is 0 Å². The number of allylic oxidation sites excluding steroid dienone is 4. The van der Waals surface area contributed by atoms with E-state index in [1.807, 2.05) is 3.96 Å². The van der Waals surface area contributed by atoms with Crippen molar-refractivity contribution < 1.29 is 16.1 Å². The van der Waals surface area contributed by atoms with Crippen LogP contribution in [0.15, 0.2) is 39.5 Å². The molecule has 0 bridgehead atoms. The molecule has 1 aromatic rings. The van der Waals surface area contributed by atoms with Gasteiger partial charge in [-0.25, -0.2) is 0 Å². The van der Waals surface area contributed by atoms with E-state index >= 15 is 0 Å². The van der Waals surface area contributed by atoms with Gasteiger partial charge in [0.15, 0.2) is 0 Å². The summed E-state index contributed by atoms with van der Waals surface area (Å²) < 4.78 is 1.84. The molecule has 0 nitrogen and oxygen atoms in total. The second kappa shape index (κ2) is 5.31. The Labute approximate surface area is 117 Å². The fourth-order valence-corrected chi connectivity index (χ4v) is 11.6. The summed E-state index contributed by atoms with van der Waals surface area (Å²) in [6.45, 7) is 4.52. The van der Waals surface area contributed by atoms with Crippen LogP contribution < -0.4 is 5.19 Å². The minimum atomic E-state index is -1.55. The normalized spacial score (nSPS) is 17.2. The number of aryl methyl sites for hydroxylation is 1. The molecule has 2 rings (SSSR count). The van der Waals surface area contributed by atoms with Gasteiger partial charge in [-0.2, -0.15) is 0 Å². The Morgan fingerprint density at radius 2 is 1.83 bits per heavy atom. The van der Waals surface area contributed by atoms with Crippen molar-refractivity contribution in [3.05, 3.63) is 50.6 Å². The van der Waals surface area contributed by atoms with Gasteiger partial charge in [-0.05, 0) is 0 Å². The summed E-state index contributed by atoms with van der Waals surface area (Å²) in [5.74, 6) is 0. The molecule has 0 saturated heterocycles. The average Bonchev–Trinajstić information content (AvgIpc) is 2.72. The Hall–Kier alpha value is -0.395. The van der Waals surface area contributed by atoms with E-state index < -0.39 is 16.1 Å². The Kier molecular flexibility index (Phi) is 4.13. The average molecular weight is 440 g/mol. The van der Waals surface area contributed by atoms with Crippen LogP contribution in [0.4, 0.5) is 0 Å². The summed E-state index contributed by atoms with van der Waals surface area (Å²) in [6.07, 6.45) is 6.06. The van der Waals surface area contributed by atoms with E-state index in [1.54, 1.807) is 10.4 Å². The SMILES string of the molecule is Cc1cccc([SiH2]C2=[C]([Pt]([CH3])([CH3])[CH3])CC=C2)c1C. The van der Waals surface area contributed by atoms with Gasteiger partial charge < -0.3 is 0 Å². The Morgan fingerprint density at radius 1 is 1.11 bits per heavy atom. The molecule has 0 spiro atoms. The number of benzene rings is 1. The van der Waals surface area contributed by atoms with Crippen molar-refractivity contribution in [1.82, 2.24) is 0 Å². The Balaban J connectivity index is 2.34. The molecule has 0 fully saturated rings. The van der Waals surface area contributed by atoms with Gasteiger partial charge in [-0.3, -0.25) is 0 Å². The van der Waals surface area contributed by atoms with Gasteiger partial charge in [-0.1, -0.05) is 0 Å². The van der Waals surface area contributed by atoms with Crippen molar-refractivity contribution in [3.8, 4) is 0 Å². The zero-order chi connectivity index (χ0) is 13.3. The predicted octanol–water partition coefficient (Wildman–Crippen LogP) is 3.57. The van der Waals surface area contributed by atoms with Crippen molar-refractivity contribution in [2.45, 2.75) is 36.2 Å². The summed E-state index contributed by atoms with van der Waals surface area (Å²) in [7, 11) is -0.275. The van der Waals surface area contributed by atoms with E-state index in [9.17, 15) is 0 Å². The van der Waals surface area contributed by atoms with Crippen LogP contribution >= 0.6 is 0 Å². The van der Waals surface area contributed by atoms with Gasteiger partial charge in [0, 0.05) is 0 Å². The van der Waals surface area contributed by atoms with Crippen LogP contribution in [0.3, 0.4) is 0 Å². The molecule has 0 aliphatic heterocycles. The van der Waals surface area contributed by atoms with Gasteiger partial charge >= 0.3 is 118 Å². The van der Waals surface area contributed by atoms with Crippen LogP contribution in [0.25, 0.3) is 0 Å². The van der Waals surface area contributed by atoms with E-state index in [1.165, 1.54) is 17.5 Å². The first kappa shape index (κ1) is 14.0. The second-order valence-electron chi connectivity index (χ2n) is 5.46. The van der Waals surface area contributed by atoms with Gasteiger partial charge in [0.1, 0.15) is 0 Å². The first-order chi connectivity index (χ1) is 8.39. The summed E-state index contributed by atoms with van der Waals surface area (Å²) in [4.78, 5) is 0. The molecular formula is C16H24PtSi. The molecule has 0 amide bonds. The molecular weight excluding hydrogens is 415 g/mol. The van der Waals surface area contributed by atoms with Gasteiger partial charge in [0.25, 0.3) is 0 Å². The molecule has 0 N–H and O–H groups in total. The van der Waals surface area contributed by atoms with Crippen molar-refractivity contribution in [2.75, 3.05) is 0 Å². The van der Waals surface area contributed by atoms with Crippen LogP contribution in [0.2, 0.25) is 15.9 Å². The van der Waals surface area contributed by atoms with Crippen molar-refractivity contribution in [3.63, 3.8) is 0 Å². The van der Waals surface area contributed by atoms with E-state index in [-0.39, 0.29) is 9.52 Å². The third kappa shape index (κ3) is 2.95.